The molecule has 14 heteroatoms. The number of Topliss-reactive ketones (excluding diaryl/α,β-unsaturated/α-hetero) is 1. The van der Waals surface area contributed by atoms with Crippen molar-refractivity contribution in [2.24, 2.45) is 41.4 Å². The van der Waals surface area contributed by atoms with Gasteiger partial charge in [-0.1, -0.05) is 121 Å². The van der Waals surface area contributed by atoms with E-state index in [1.54, 1.807) is 6.92 Å². The minimum absolute atomic E-state index is 0. The Balaban J connectivity index is 0.00000722. The number of aliphatic hydroxyl groups excluding tert-OH is 1. The first-order chi connectivity index (χ1) is 32.8. The third-order valence-electron chi connectivity index (χ3n) is 17.5. The number of hydrogen-bond donors (Lipinski definition) is 2. The predicted molar refractivity (Wildman–Crippen MR) is 260 cm³/mol. The van der Waals surface area contributed by atoms with Gasteiger partial charge in [0.2, 0.25) is 0 Å². The fraction of sp³-hybridized carbons (Fsp3) is 0.679. The topological polar surface area (TPSA) is 175 Å². The summed E-state index contributed by atoms with van der Waals surface area (Å²) in [7, 11) is 0. The molecule has 4 fully saturated rings. The zero-order chi connectivity index (χ0) is 49.6. The van der Waals surface area contributed by atoms with Crippen LogP contribution >= 0.6 is 0 Å². The van der Waals surface area contributed by atoms with Gasteiger partial charge in [-0.25, -0.2) is 4.68 Å². The van der Waals surface area contributed by atoms with E-state index in [2.05, 4.69) is 75.3 Å². The van der Waals surface area contributed by atoms with Crippen molar-refractivity contribution in [1.29, 1.82) is 0 Å². The van der Waals surface area contributed by atoms with Crippen LogP contribution in [0.1, 0.15) is 139 Å². The van der Waals surface area contributed by atoms with Gasteiger partial charge in [0, 0.05) is 47.5 Å². The van der Waals surface area contributed by atoms with Crippen LogP contribution in [0.4, 0.5) is 0 Å². The molecule has 5 aliphatic heterocycles. The Morgan fingerprint density at radius 3 is 2.16 bits per heavy atom. The van der Waals surface area contributed by atoms with Gasteiger partial charge in [0.05, 0.1) is 54.0 Å². The van der Waals surface area contributed by atoms with Gasteiger partial charge in [-0.15, -0.1) is 5.10 Å². The summed E-state index contributed by atoms with van der Waals surface area (Å²) < 4.78 is 37.1. The molecular formula is C56H78N3NaO10. The van der Waals surface area contributed by atoms with E-state index >= 15 is 0 Å². The van der Waals surface area contributed by atoms with Crippen molar-refractivity contribution < 1.29 is 78.2 Å². The number of carbonyl (C=O) groups excluding carboxylic acids is 2. The van der Waals surface area contributed by atoms with Crippen LogP contribution in [-0.4, -0.2) is 96.4 Å². The molecule has 2 aromatic carbocycles. The molecule has 6 heterocycles. The molecule has 0 amide bonds. The number of carboxylic acid groups (broad SMARTS) is 1. The van der Waals surface area contributed by atoms with E-state index in [1.807, 2.05) is 69.8 Å². The van der Waals surface area contributed by atoms with Gasteiger partial charge in [-0.3, -0.25) is 4.79 Å². The maximum atomic E-state index is 14.8. The van der Waals surface area contributed by atoms with Gasteiger partial charge in [-0.2, -0.15) is 0 Å². The van der Waals surface area contributed by atoms with Crippen LogP contribution in [0.3, 0.4) is 0 Å². The second-order valence-corrected chi connectivity index (χ2v) is 21.9. The maximum absolute atomic E-state index is 14.8. The van der Waals surface area contributed by atoms with Crippen molar-refractivity contribution >= 4 is 11.8 Å². The number of ether oxygens (including phenoxy) is 5. The van der Waals surface area contributed by atoms with Crippen molar-refractivity contribution in [3.63, 3.8) is 0 Å². The standard InChI is InChI=1S/C56H79N3O10.Na/c1-11-42(52(62)63)45-24-19-33(4)50(66-45)37(8)48(60)36(7)49(61)43(12-2)51-34(5)31-35(6)55(67-51)28-25-46(56(69-55)30-29-53(10,68-56)47-26-27-54(64,13-3)38(9)65-47)59-32-44(57-58-59)41-22-20-40(21-23-41)39-17-15-14-16-18-39;/h14-18,20-23,25,28,32-38,42-43,45-48,50-51,60,64H,11-13,19,24,26-27,29-31H2,1-10H3,(H,62,63);/q;+1/p-1/t33-,34-,35+,36-,37-,38-,42+,43-,45+,46-,47+,48+,50+,51-,53-,54+,55-,56-;/m0./s1. The quantitative estimate of drug-likeness (QED) is 0.142. The normalized spacial score (nSPS) is 37.6. The minimum Gasteiger partial charge on any atom is -0.550 e. The average Bonchev–Trinajstić information content (AvgIpc) is 3.97. The van der Waals surface area contributed by atoms with E-state index in [0.717, 1.165) is 23.1 Å². The van der Waals surface area contributed by atoms with Gasteiger partial charge in [0.15, 0.2) is 11.6 Å². The Labute approximate surface area is 438 Å². The Morgan fingerprint density at radius 2 is 1.51 bits per heavy atom. The summed E-state index contributed by atoms with van der Waals surface area (Å²) in [5.41, 5.74) is 2.19. The number of aromatic nitrogens is 3. The third kappa shape index (κ3) is 10.5. The molecule has 378 valence electrons. The first-order valence-corrected chi connectivity index (χ1v) is 26.1. The Kier molecular flexibility index (Phi) is 17.2. The van der Waals surface area contributed by atoms with Crippen molar-refractivity contribution in [3.8, 4) is 22.4 Å². The first-order valence-electron chi connectivity index (χ1n) is 26.1. The number of benzene rings is 2. The number of aliphatic hydroxyl groups is 2. The van der Waals surface area contributed by atoms with Gasteiger partial charge in [0.25, 0.3) is 0 Å². The van der Waals surface area contributed by atoms with Crippen molar-refractivity contribution in [1.82, 2.24) is 15.0 Å². The van der Waals surface area contributed by atoms with Crippen molar-refractivity contribution in [3.05, 3.63) is 72.9 Å². The van der Waals surface area contributed by atoms with E-state index in [4.69, 9.17) is 28.9 Å². The second kappa shape index (κ2) is 21.9. The summed E-state index contributed by atoms with van der Waals surface area (Å²) in [4.78, 5) is 26.8. The number of nitrogens with zero attached hydrogens (tertiary/aromatic N) is 3. The molecule has 1 aromatic heterocycles. The molecule has 2 spiro atoms. The van der Waals surface area contributed by atoms with E-state index < -0.39 is 82.9 Å². The van der Waals surface area contributed by atoms with Crippen LogP contribution in [-0.2, 0) is 33.3 Å². The second-order valence-electron chi connectivity index (χ2n) is 21.9. The molecule has 3 aromatic rings. The number of hydrogen-bond acceptors (Lipinski definition) is 12. The minimum atomic E-state index is -1.27. The number of rotatable bonds is 15. The maximum Gasteiger partial charge on any atom is 1.00 e. The average molecular weight is 976 g/mol. The van der Waals surface area contributed by atoms with Crippen LogP contribution in [0.2, 0.25) is 0 Å². The summed E-state index contributed by atoms with van der Waals surface area (Å²) in [6, 6.07) is 18.0. The summed E-state index contributed by atoms with van der Waals surface area (Å²) in [5, 5.41) is 44.7. The van der Waals surface area contributed by atoms with Crippen LogP contribution < -0.4 is 34.7 Å². The Hall–Kier alpha value is -2.82. The summed E-state index contributed by atoms with van der Waals surface area (Å²) >= 11 is 0. The van der Waals surface area contributed by atoms with E-state index in [9.17, 15) is 24.9 Å². The number of carboxylic acids is 1. The molecule has 2 N–H and O–H groups in total. The monoisotopic (exact) mass is 976 g/mol. The fourth-order valence-electron chi connectivity index (χ4n) is 12.8. The van der Waals surface area contributed by atoms with Crippen LogP contribution in [0, 0.1) is 41.4 Å². The molecule has 0 saturated carbocycles. The van der Waals surface area contributed by atoms with E-state index in [0.29, 0.717) is 63.5 Å². The summed E-state index contributed by atoms with van der Waals surface area (Å²) in [5.74, 6) is -6.27. The largest absolute Gasteiger partial charge is 1.00 e. The molecule has 5 aliphatic rings. The molecule has 13 nitrogen and oxygen atoms in total. The van der Waals surface area contributed by atoms with E-state index in [-0.39, 0.29) is 65.3 Å². The summed E-state index contributed by atoms with van der Waals surface area (Å²) in [6.45, 7) is 19.9. The SMILES string of the molecule is CC[C@@H](C(=O)[C@@H](C)[C@@H](O)[C@H](C)[C@@H]1O[C@@H]([C@@H](CC)C(=O)[O-])CC[C@@H]1C)[C@H]1O[C@]2(C=C[C@H](n3cc(-c4ccc(-c5ccccc5)cc4)nn3)[C@]3(CC[C@@](C)([C@H]4CC[C@](O)(CC)[C@H](C)O4)O3)O2)[C@H](C)C[C@@H]1C.[Na+]. The molecule has 0 radical (unpaired) electrons. The van der Waals surface area contributed by atoms with Crippen LogP contribution in [0.25, 0.3) is 22.4 Å². The number of ketones is 1. The zero-order valence-corrected chi connectivity index (χ0v) is 45.6. The van der Waals surface area contributed by atoms with Gasteiger partial charge in [-0.05, 0) is 101 Å². The first kappa shape index (κ1) is 54.9. The van der Waals surface area contributed by atoms with Gasteiger partial charge >= 0.3 is 29.6 Å². The molecule has 0 aliphatic carbocycles. The van der Waals surface area contributed by atoms with Crippen LogP contribution in [0.5, 0.6) is 0 Å². The van der Waals surface area contributed by atoms with Crippen LogP contribution in [0.15, 0.2) is 72.9 Å². The molecule has 18 atom stereocenters. The van der Waals surface area contributed by atoms with Gasteiger partial charge < -0.3 is 43.8 Å². The van der Waals surface area contributed by atoms with Crippen molar-refractivity contribution in [2.45, 2.75) is 199 Å². The fourth-order valence-corrected chi connectivity index (χ4v) is 12.8. The predicted octanol–water partition coefficient (Wildman–Crippen LogP) is 5.66. The summed E-state index contributed by atoms with van der Waals surface area (Å²) in [6.07, 6.45) is 8.74. The molecular weight excluding hydrogens is 898 g/mol. The third-order valence-corrected chi connectivity index (χ3v) is 17.5. The van der Waals surface area contributed by atoms with Crippen molar-refractivity contribution in [2.75, 3.05) is 0 Å². The molecule has 0 bridgehead atoms. The Bertz CT molecular complexity index is 2280. The Morgan fingerprint density at radius 1 is 0.843 bits per heavy atom. The molecule has 0 unspecified atom stereocenters. The molecule has 4 saturated heterocycles. The molecule has 70 heavy (non-hydrogen) atoms. The van der Waals surface area contributed by atoms with E-state index in [1.165, 1.54) is 0 Å². The van der Waals surface area contributed by atoms with Gasteiger partial charge in [0.1, 0.15) is 17.5 Å². The smallest absolute Gasteiger partial charge is 0.550 e. The zero-order valence-electron chi connectivity index (χ0n) is 43.6. The number of aliphatic carboxylic acids is 1. The number of carbonyl (C=O) groups is 2. The molecule has 8 rings (SSSR count).